The number of carbonyl (C=O) groups is 2. The van der Waals surface area contributed by atoms with Crippen molar-refractivity contribution in [2.75, 3.05) is 0 Å². The number of allylic oxidation sites excluding steroid dienone is 1. The van der Waals surface area contributed by atoms with E-state index in [9.17, 15) is 9.59 Å². The third-order valence-corrected chi connectivity index (χ3v) is 3.41. The highest BCUT2D eigenvalue weighted by Gasteiger charge is 2.32. The van der Waals surface area contributed by atoms with E-state index in [0.29, 0.717) is 6.42 Å². The van der Waals surface area contributed by atoms with Gasteiger partial charge in [-0.3, -0.25) is 4.79 Å². The van der Waals surface area contributed by atoms with Gasteiger partial charge < -0.3 is 4.74 Å². The molecule has 1 atom stereocenters. The van der Waals surface area contributed by atoms with Crippen molar-refractivity contribution in [2.24, 2.45) is 5.92 Å². The highest BCUT2D eigenvalue weighted by molar-refractivity contribution is 6.35. The van der Waals surface area contributed by atoms with Crippen molar-refractivity contribution in [3.05, 3.63) is 47.7 Å². The third kappa shape index (κ3) is 3.31. The van der Waals surface area contributed by atoms with Gasteiger partial charge in [0.2, 0.25) is 5.78 Å². The number of esters is 1. The molecule has 0 spiro atoms. The van der Waals surface area contributed by atoms with Crippen LogP contribution in [0.2, 0.25) is 0 Å². The fourth-order valence-electron chi connectivity index (χ4n) is 2.35. The Labute approximate surface area is 113 Å². The predicted octanol–water partition coefficient (Wildman–Crippen LogP) is 3.05. The van der Waals surface area contributed by atoms with Crippen molar-refractivity contribution in [2.45, 2.75) is 32.6 Å². The molecule has 19 heavy (non-hydrogen) atoms. The summed E-state index contributed by atoms with van der Waals surface area (Å²) in [7, 11) is 0. The summed E-state index contributed by atoms with van der Waals surface area (Å²) in [6.45, 7) is 2.02. The van der Waals surface area contributed by atoms with Crippen LogP contribution in [0.3, 0.4) is 0 Å². The van der Waals surface area contributed by atoms with Gasteiger partial charge >= 0.3 is 5.97 Å². The highest BCUT2D eigenvalue weighted by atomic mass is 16.5. The van der Waals surface area contributed by atoms with Gasteiger partial charge in [0.1, 0.15) is 0 Å². The van der Waals surface area contributed by atoms with Gasteiger partial charge in [-0.1, -0.05) is 43.7 Å². The van der Waals surface area contributed by atoms with E-state index in [-0.39, 0.29) is 5.92 Å². The molecule has 0 aromatic heterocycles. The molecule has 0 radical (unpaired) electrons. The van der Waals surface area contributed by atoms with Gasteiger partial charge in [0.15, 0.2) is 0 Å². The molecule has 0 saturated carbocycles. The van der Waals surface area contributed by atoms with E-state index < -0.39 is 11.8 Å². The molecule has 2 rings (SSSR count). The zero-order chi connectivity index (χ0) is 13.7. The van der Waals surface area contributed by atoms with E-state index in [0.717, 1.165) is 24.8 Å². The average Bonchev–Trinajstić information content (AvgIpc) is 2.44. The Kier molecular flexibility index (Phi) is 4.50. The third-order valence-electron chi connectivity index (χ3n) is 3.41. The molecule has 0 bridgehead atoms. The predicted molar refractivity (Wildman–Crippen MR) is 72.3 cm³/mol. The molecule has 1 aliphatic rings. The van der Waals surface area contributed by atoms with E-state index in [1.54, 1.807) is 0 Å². The van der Waals surface area contributed by atoms with Gasteiger partial charge in [-0.05, 0) is 30.4 Å². The van der Waals surface area contributed by atoms with Crippen molar-refractivity contribution >= 4 is 11.8 Å². The first-order valence-electron chi connectivity index (χ1n) is 6.70. The lowest BCUT2D eigenvalue weighted by Crippen LogP contribution is -2.30. The lowest BCUT2D eigenvalue weighted by molar-refractivity contribution is -0.152. The van der Waals surface area contributed by atoms with Crippen LogP contribution in [0.1, 0.15) is 31.7 Å². The summed E-state index contributed by atoms with van der Waals surface area (Å²) in [5.74, 6) is -1.40. The van der Waals surface area contributed by atoms with E-state index in [1.807, 2.05) is 25.1 Å². The van der Waals surface area contributed by atoms with Gasteiger partial charge in [-0.15, -0.1) is 0 Å². The SMILES string of the molecule is CCCC1C(=O)C(=O)OC=C1CCc1ccccc1. The minimum absolute atomic E-state index is 0.282. The first-order chi connectivity index (χ1) is 9.22. The molecule has 0 N–H and O–H groups in total. The first-order valence-corrected chi connectivity index (χ1v) is 6.70. The number of aryl methyl sites for hydroxylation is 1. The molecule has 0 amide bonds. The lowest BCUT2D eigenvalue weighted by Gasteiger charge is -2.21. The maximum absolute atomic E-state index is 11.8. The maximum atomic E-state index is 11.8. The van der Waals surface area contributed by atoms with Crippen molar-refractivity contribution in [1.82, 2.24) is 0 Å². The number of ether oxygens (including phenoxy) is 1. The fourth-order valence-corrected chi connectivity index (χ4v) is 2.35. The van der Waals surface area contributed by atoms with Crippen molar-refractivity contribution < 1.29 is 14.3 Å². The Morgan fingerprint density at radius 2 is 1.84 bits per heavy atom. The minimum Gasteiger partial charge on any atom is -0.429 e. The molecule has 0 fully saturated rings. The van der Waals surface area contributed by atoms with Gasteiger partial charge in [-0.2, -0.15) is 0 Å². The Hall–Kier alpha value is -1.90. The van der Waals surface area contributed by atoms with Crippen LogP contribution in [0.25, 0.3) is 0 Å². The van der Waals surface area contributed by atoms with Gasteiger partial charge in [0, 0.05) is 0 Å². The molecular weight excluding hydrogens is 240 g/mol. The summed E-state index contributed by atoms with van der Waals surface area (Å²) in [5.41, 5.74) is 2.17. The minimum atomic E-state index is -0.720. The summed E-state index contributed by atoms with van der Waals surface area (Å²) in [5, 5.41) is 0. The van der Waals surface area contributed by atoms with Gasteiger partial charge in [0.25, 0.3) is 0 Å². The number of carbonyl (C=O) groups excluding carboxylic acids is 2. The molecule has 1 aromatic carbocycles. The molecular formula is C16H18O3. The normalized spacial score (nSPS) is 19.0. The number of rotatable bonds is 5. The van der Waals surface area contributed by atoms with Crippen LogP contribution in [0.5, 0.6) is 0 Å². The van der Waals surface area contributed by atoms with Crippen LogP contribution in [0.4, 0.5) is 0 Å². The number of hydrogen-bond donors (Lipinski definition) is 0. The van der Waals surface area contributed by atoms with Crippen LogP contribution >= 0.6 is 0 Å². The second-order valence-electron chi connectivity index (χ2n) is 4.79. The molecule has 1 aromatic rings. The highest BCUT2D eigenvalue weighted by Crippen LogP contribution is 2.27. The van der Waals surface area contributed by atoms with Crippen LogP contribution in [0.15, 0.2) is 42.2 Å². The molecule has 1 aliphatic heterocycles. The molecule has 3 nitrogen and oxygen atoms in total. The summed E-state index contributed by atoms with van der Waals surface area (Å²) < 4.78 is 4.82. The molecule has 1 heterocycles. The summed E-state index contributed by atoms with van der Waals surface area (Å²) in [4.78, 5) is 23.1. The molecule has 3 heteroatoms. The standard InChI is InChI=1S/C16H18O3/c1-2-6-14-13(11-19-16(18)15(14)17)10-9-12-7-4-3-5-8-12/h3-5,7-8,11,14H,2,6,9-10H2,1H3. The van der Waals surface area contributed by atoms with Crippen molar-refractivity contribution in [1.29, 1.82) is 0 Å². The first kappa shape index (κ1) is 13.5. The van der Waals surface area contributed by atoms with E-state index in [2.05, 4.69) is 12.1 Å². The number of ketones is 1. The van der Waals surface area contributed by atoms with Crippen molar-refractivity contribution in [3.8, 4) is 0 Å². The second-order valence-corrected chi connectivity index (χ2v) is 4.79. The quantitative estimate of drug-likeness (QED) is 0.602. The van der Waals surface area contributed by atoms with Crippen LogP contribution in [-0.2, 0) is 20.7 Å². The number of Topliss-reactive ketones (excluding diaryl/α,β-unsaturated/α-hetero) is 1. The summed E-state index contributed by atoms with van der Waals surface area (Å²) in [6.07, 6.45) is 4.69. The Bertz CT molecular complexity index is 488. The van der Waals surface area contributed by atoms with Crippen LogP contribution < -0.4 is 0 Å². The van der Waals surface area contributed by atoms with E-state index in [1.165, 1.54) is 11.8 Å². The van der Waals surface area contributed by atoms with Crippen LogP contribution in [-0.4, -0.2) is 11.8 Å². The lowest BCUT2D eigenvalue weighted by atomic mass is 9.86. The van der Waals surface area contributed by atoms with E-state index >= 15 is 0 Å². The monoisotopic (exact) mass is 258 g/mol. The smallest absolute Gasteiger partial charge is 0.380 e. The zero-order valence-corrected chi connectivity index (χ0v) is 11.1. The fraction of sp³-hybridized carbons (Fsp3) is 0.375. The number of cyclic esters (lactones) is 1. The zero-order valence-electron chi connectivity index (χ0n) is 11.1. The maximum Gasteiger partial charge on any atom is 0.380 e. The Morgan fingerprint density at radius 1 is 1.11 bits per heavy atom. The van der Waals surface area contributed by atoms with Gasteiger partial charge in [0.05, 0.1) is 12.2 Å². The molecule has 0 aliphatic carbocycles. The summed E-state index contributed by atoms with van der Waals surface area (Å²) >= 11 is 0. The topological polar surface area (TPSA) is 43.4 Å². The van der Waals surface area contributed by atoms with E-state index in [4.69, 9.17) is 4.74 Å². The molecule has 1 unspecified atom stereocenters. The number of benzene rings is 1. The molecule has 0 saturated heterocycles. The van der Waals surface area contributed by atoms with Gasteiger partial charge in [-0.25, -0.2) is 4.79 Å². The van der Waals surface area contributed by atoms with Crippen molar-refractivity contribution in [3.63, 3.8) is 0 Å². The largest absolute Gasteiger partial charge is 0.429 e. The number of hydrogen-bond acceptors (Lipinski definition) is 3. The Morgan fingerprint density at radius 3 is 2.53 bits per heavy atom. The second kappa shape index (κ2) is 6.32. The van der Waals surface area contributed by atoms with Crippen LogP contribution in [0, 0.1) is 5.92 Å². The average molecular weight is 258 g/mol. The molecule has 100 valence electrons. The summed E-state index contributed by atoms with van der Waals surface area (Å²) in [6, 6.07) is 10.1. The Balaban J connectivity index is 2.05.